The first-order chi connectivity index (χ1) is 11.2. The maximum absolute atomic E-state index is 11.7. The number of carbonyl (C=O) groups excluding carboxylic acids is 1. The van der Waals surface area contributed by atoms with E-state index in [1.807, 2.05) is 25.3 Å². The average molecular weight is 317 g/mol. The molecule has 2 aromatic rings. The fraction of sp³-hybridized carbons (Fsp3) is 0.438. The van der Waals surface area contributed by atoms with Crippen LogP contribution in [0.25, 0.3) is 0 Å². The van der Waals surface area contributed by atoms with Gasteiger partial charge in [-0.3, -0.25) is 15.0 Å². The second-order valence-electron chi connectivity index (χ2n) is 5.35. The van der Waals surface area contributed by atoms with E-state index in [0.29, 0.717) is 12.2 Å². The first-order valence-corrected chi connectivity index (χ1v) is 7.82. The Bertz CT molecular complexity index is 600. The number of hydrogen-bond acceptors (Lipinski definition) is 4. The van der Waals surface area contributed by atoms with Gasteiger partial charge in [0.25, 0.3) is 0 Å². The largest absolute Gasteiger partial charge is 0.391 e. The number of aromatic nitrogens is 3. The number of aryl methyl sites for hydroxylation is 2. The zero-order valence-electron chi connectivity index (χ0n) is 13.3. The van der Waals surface area contributed by atoms with Gasteiger partial charge in [0.2, 0.25) is 0 Å². The summed E-state index contributed by atoms with van der Waals surface area (Å²) in [5.74, 6) is 0.488. The highest BCUT2D eigenvalue weighted by Crippen LogP contribution is 2.05. The number of nitrogens with one attached hydrogen (secondary N) is 2. The quantitative estimate of drug-likeness (QED) is 0.692. The Hall–Kier alpha value is -2.41. The van der Waals surface area contributed by atoms with Crippen LogP contribution in [-0.2, 0) is 13.0 Å². The molecule has 2 rings (SSSR count). The van der Waals surface area contributed by atoms with Gasteiger partial charge in [-0.2, -0.15) is 5.10 Å². The molecule has 2 amide bonds. The number of rotatable bonds is 8. The van der Waals surface area contributed by atoms with Crippen molar-refractivity contribution in [1.82, 2.24) is 20.1 Å². The molecule has 7 heteroatoms. The lowest BCUT2D eigenvalue weighted by atomic mass is 10.2. The zero-order valence-corrected chi connectivity index (χ0v) is 13.3. The molecule has 2 aromatic heterocycles. The molecule has 1 atom stereocenters. The molecule has 0 bridgehead atoms. The summed E-state index contributed by atoms with van der Waals surface area (Å²) < 4.78 is 1.78. The molecule has 0 aliphatic heterocycles. The summed E-state index contributed by atoms with van der Waals surface area (Å²) in [5, 5.41) is 19.2. The SMILES string of the molecule is CCCC(O)CNC(=O)Nc1ccn(CCc2ccncc2)n1. The highest BCUT2D eigenvalue weighted by atomic mass is 16.3. The minimum atomic E-state index is -0.510. The maximum Gasteiger partial charge on any atom is 0.320 e. The number of aliphatic hydroxyl groups is 1. The van der Waals surface area contributed by atoms with Crippen molar-refractivity contribution in [2.45, 2.75) is 38.8 Å². The Kier molecular flexibility index (Phi) is 6.56. The highest BCUT2D eigenvalue weighted by Gasteiger charge is 2.07. The lowest BCUT2D eigenvalue weighted by Crippen LogP contribution is -2.35. The first kappa shape index (κ1) is 17.0. The number of hydrogen-bond donors (Lipinski definition) is 3. The Balaban J connectivity index is 1.74. The van der Waals surface area contributed by atoms with Crippen LogP contribution in [0.2, 0.25) is 0 Å². The molecular formula is C16H23N5O2. The van der Waals surface area contributed by atoms with Gasteiger partial charge in [-0.25, -0.2) is 4.79 Å². The second kappa shape index (κ2) is 8.89. The summed E-state index contributed by atoms with van der Waals surface area (Å²) in [5.41, 5.74) is 1.19. The molecule has 2 heterocycles. The van der Waals surface area contributed by atoms with Crippen molar-refractivity contribution in [3.63, 3.8) is 0 Å². The summed E-state index contributed by atoms with van der Waals surface area (Å²) in [4.78, 5) is 15.7. The molecule has 0 radical (unpaired) electrons. The Labute approximate surface area is 135 Å². The van der Waals surface area contributed by atoms with Gasteiger partial charge in [0.15, 0.2) is 5.82 Å². The fourth-order valence-corrected chi connectivity index (χ4v) is 2.15. The number of aliphatic hydroxyl groups excluding tert-OH is 1. The topological polar surface area (TPSA) is 92.1 Å². The van der Waals surface area contributed by atoms with Gasteiger partial charge in [0.05, 0.1) is 6.10 Å². The van der Waals surface area contributed by atoms with Gasteiger partial charge in [0, 0.05) is 37.7 Å². The normalized spacial score (nSPS) is 11.9. The fourth-order valence-electron chi connectivity index (χ4n) is 2.15. The minimum Gasteiger partial charge on any atom is -0.391 e. The van der Waals surface area contributed by atoms with E-state index in [9.17, 15) is 9.90 Å². The van der Waals surface area contributed by atoms with Crippen molar-refractivity contribution in [3.05, 3.63) is 42.4 Å². The van der Waals surface area contributed by atoms with Gasteiger partial charge in [0.1, 0.15) is 0 Å². The summed E-state index contributed by atoms with van der Waals surface area (Å²) in [6, 6.07) is 5.32. The second-order valence-corrected chi connectivity index (χ2v) is 5.35. The Morgan fingerprint density at radius 3 is 2.87 bits per heavy atom. The average Bonchev–Trinajstić information content (AvgIpc) is 3.00. The molecule has 0 fully saturated rings. The van der Waals surface area contributed by atoms with Crippen LogP contribution < -0.4 is 10.6 Å². The van der Waals surface area contributed by atoms with E-state index in [2.05, 4.69) is 20.7 Å². The molecular weight excluding hydrogens is 294 g/mol. The van der Waals surface area contributed by atoms with Crippen LogP contribution in [0.3, 0.4) is 0 Å². The third kappa shape index (κ3) is 6.07. The molecule has 0 aromatic carbocycles. The summed E-state index contributed by atoms with van der Waals surface area (Å²) in [7, 11) is 0. The van der Waals surface area contributed by atoms with E-state index in [1.54, 1.807) is 23.1 Å². The van der Waals surface area contributed by atoms with E-state index < -0.39 is 6.10 Å². The van der Waals surface area contributed by atoms with E-state index in [-0.39, 0.29) is 12.6 Å². The van der Waals surface area contributed by atoms with Gasteiger partial charge in [-0.05, 0) is 30.5 Å². The van der Waals surface area contributed by atoms with Gasteiger partial charge < -0.3 is 10.4 Å². The van der Waals surface area contributed by atoms with Crippen LogP contribution in [0.15, 0.2) is 36.8 Å². The Morgan fingerprint density at radius 2 is 2.13 bits per heavy atom. The molecule has 0 spiro atoms. The first-order valence-electron chi connectivity index (χ1n) is 7.82. The van der Waals surface area contributed by atoms with Crippen LogP contribution in [0, 0.1) is 0 Å². The van der Waals surface area contributed by atoms with Gasteiger partial charge in [-0.1, -0.05) is 13.3 Å². The highest BCUT2D eigenvalue weighted by molar-refractivity contribution is 5.88. The van der Waals surface area contributed by atoms with Crippen molar-refractivity contribution in [2.24, 2.45) is 0 Å². The zero-order chi connectivity index (χ0) is 16.5. The number of pyridine rings is 1. The van der Waals surface area contributed by atoms with Crippen LogP contribution in [0.1, 0.15) is 25.3 Å². The predicted molar refractivity (Wildman–Crippen MR) is 88.1 cm³/mol. The van der Waals surface area contributed by atoms with E-state index >= 15 is 0 Å². The maximum atomic E-state index is 11.7. The monoisotopic (exact) mass is 317 g/mol. The smallest absolute Gasteiger partial charge is 0.320 e. The third-order valence-corrected chi connectivity index (χ3v) is 3.38. The molecule has 23 heavy (non-hydrogen) atoms. The molecule has 3 N–H and O–H groups in total. The number of anilines is 1. The van der Waals surface area contributed by atoms with Crippen molar-refractivity contribution in [1.29, 1.82) is 0 Å². The van der Waals surface area contributed by atoms with Gasteiger partial charge >= 0.3 is 6.03 Å². The number of urea groups is 1. The summed E-state index contributed by atoms with van der Waals surface area (Å²) in [6.07, 6.45) is 7.24. The minimum absolute atomic E-state index is 0.239. The summed E-state index contributed by atoms with van der Waals surface area (Å²) >= 11 is 0. The van der Waals surface area contributed by atoms with Crippen LogP contribution in [-0.4, -0.2) is 38.6 Å². The molecule has 124 valence electrons. The van der Waals surface area contributed by atoms with E-state index in [4.69, 9.17) is 0 Å². The molecule has 0 aliphatic rings. The van der Waals surface area contributed by atoms with Crippen molar-refractivity contribution in [3.8, 4) is 0 Å². The van der Waals surface area contributed by atoms with Crippen LogP contribution in [0.4, 0.5) is 10.6 Å². The van der Waals surface area contributed by atoms with Crippen molar-refractivity contribution < 1.29 is 9.90 Å². The lowest BCUT2D eigenvalue weighted by Gasteiger charge is -2.10. The van der Waals surface area contributed by atoms with Crippen molar-refractivity contribution >= 4 is 11.8 Å². The molecule has 0 saturated carbocycles. The van der Waals surface area contributed by atoms with Gasteiger partial charge in [-0.15, -0.1) is 0 Å². The molecule has 1 unspecified atom stereocenters. The summed E-state index contributed by atoms with van der Waals surface area (Å²) in [6.45, 7) is 2.95. The molecule has 0 saturated heterocycles. The van der Waals surface area contributed by atoms with Crippen LogP contribution >= 0.6 is 0 Å². The van der Waals surface area contributed by atoms with Crippen molar-refractivity contribution in [2.75, 3.05) is 11.9 Å². The van der Waals surface area contributed by atoms with E-state index in [0.717, 1.165) is 19.4 Å². The lowest BCUT2D eigenvalue weighted by molar-refractivity contribution is 0.162. The van der Waals surface area contributed by atoms with E-state index in [1.165, 1.54) is 5.56 Å². The predicted octanol–water partition coefficient (Wildman–Crippen LogP) is 1.80. The standard InChI is InChI=1S/C16H23N5O2/c1-2-3-14(22)12-18-16(23)19-15-7-11-21(20-15)10-6-13-4-8-17-9-5-13/h4-5,7-9,11,14,22H,2-3,6,10,12H2,1H3,(H2,18,19,20,23). The Morgan fingerprint density at radius 1 is 1.35 bits per heavy atom. The molecule has 7 nitrogen and oxygen atoms in total. The molecule has 0 aliphatic carbocycles. The number of nitrogens with zero attached hydrogens (tertiary/aromatic N) is 3. The number of amides is 2. The number of carbonyl (C=O) groups is 1. The third-order valence-electron chi connectivity index (χ3n) is 3.38. The van der Waals surface area contributed by atoms with Crippen LogP contribution in [0.5, 0.6) is 0 Å².